The van der Waals surface area contributed by atoms with Crippen molar-refractivity contribution in [1.82, 2.24) is 84.7 Å². The molecule has 16 atom stereocenters. The molecular weight excluding hydrogens is 1750 g/mol. The number of hydrogen-bond donors (Lipinski definition) is 25. The first-order valence-electron chi connectivity index (χ1n) is 43.1. The number of carbonyl (C=O) groups excluding carboxylic acids is 16. The van der Waals surface area contributed by atoms with Crippen LogP contribution in [0.3, 0.4) is 0 Å². The second-order valence-corrected chi connectivity index (χ2v) is 34.2. The number of carboxylic acids is 3. The van der Waals surface area contributed by atoms with Gasteiger partial charge >= 0.3 is 17.9 Å². The Morgan fingerprint density at radius 2 is 0.848 bits per heavy atom. The number of hydrogen-bond acceptors (Lipinski definition) is 27. The summed E-state index contributed by atoms with van der Waals surface area (Å²) in [5.74, 6) is -23.4. The molecule has 3 aromatic carbocycles. The standard InChI is InChI=1S/C86H127N17O28S/c1-10-46(4)70(82(128)96-58(37-52-21-25-54(109)26-22-52)76(122)92-56(34-45(2)3)75(121)94-60(38-68(115)116)74(120)90-47(5)16-14-15-30-87)101-81(127)63(42-105)98-77(123)57(36-51-19-23-53(108)24-20-51)93-78(124)61(39-69(117)118)95-80(126)62(41-104)99-84(130)72(49(7)107)102-79(125)59(35-50-17-12-11-13-18-50)97-83(129)71(48(6)106)100-64(110)40-89-73(119)55(27-28-67(113)114)91-66(112)44-132-43-65(111)88-31-33-103-32-29-86(8,9)85(103)131/h11-13,17-26,45-49,55-63,70-72,104-109H,10,14-16,27-44,87H2,1-9H3,(H,88,111)(H,89,119)(H,90,120)(H,91,112)(H,92,122)(H,93,124)(H,94,121)(H,95,126)(H,96,128)(H,97,129)(H,98,123)(H,99,130)(H,100,110)(H,101,127)(H,102,125)(H,113,114)(H,115,116)(H,117,118)/t46-,47+,48+,49+,55-,56-,57-,58-,59-,60-,61-,62-,63-,70-,71-,72-/m0/s1. The summed E-state index contributed by atoms with van der Waals surface area (Å²) in [4.78, 5) is 260. The van der Waals surface area contributed by atoms with Gasteiger partial charge < -0.3 is 136 Å². The van der Waals surface area contributed by atoms with Gasteiger partial charge in [-0.2, -0.15) is 0 Å². The number of likely N-dealkylation sites (tertiary alicyclic amines) is 1. The number of carboxylic acid groups (broad SMARTS) is 3. The van der Waals surface area contributed by atoms with Crippen molar-refractivity contribution in [2.45, 2.75) is 237 Å². The van der Waals surface area contributed by atoms with Crippen LogP contribution in [0.4, 0.5) is 0 Å². The number of aliphatic hydroxyl groups excluding tert-OH is 4. The smallest absolute Gasteiger partial charge is 0.305 e. The molecule has 0 unspecified atom stereocenters. The highest BCUT2D eigenvalue weighted by atomic mass is 32.2. The molecule has 1 fully saturated rings. The number of nitrogens with two attached hydrogens (primary N) is 1. The molecule has 132 heavy (non-hydrogen) atoms. The Hall–Kier alpha value is -12.7. The Balaban J connectivity index is 1.52. The van der Waals surface area contributed by atoms with Crippen LogP contribution in [0.2, 0.25) is 0 Å². The Labute approximate surface area is 766 Å². The van der Waals surface area contributed by atoms with Gasteiger partial charge in [-0.15, -0.1) is 11.8 Å². The van der Waals surface area contributed by atoms with E-state index in [0.29, 0.717) is 49.9 Å². The summed E-state index contributed by atoms with van der Waals surface area (Å²) in [7, 11) is 0. The first-order chi connectivity index (χ1) is 62.2. The van der Waals surface area contributed by atoms with Crippen LogP contribution in [0.1, 0.15) is 143 Å². The first kappa shape index (κ1) is 112. The third kappa shape index (κ3) is 39.6. The Morgan fingerprint density at radius 3 is 1.31 bits per heavy atom. The first-order valence-corrected chi connectivity index (χ1v) is 44.2. The van der Waals surface area contributed by atoms with Crippen LogP contribution in [-0.2, 0) is 110 Å². The van der Waals surface area contributed by atoms with Crippen molar-refractivity contribution in [2.24, 2.45) is 23.0 Å². The number of unbranched alkanes of at least 4 members (excludes halogenated alkanes) is 1. The van der Waals surface area contributed by atoms with Gasteiger partial charge in [0.15, 0.2) is 0 Å². The number of amides is 16. The third-order valence-electron chi connectivity index (χ3n) is 21.1. The summed E-state index contributed by atoms with van der Waals surface area (Å²) < 4.78 is 0. The maximum absolute atomic E-state index is 14.7. The van der Waals surface area contributed by atoms with Gasteiger partial charge in [-0.25, -0.2) is 0 Å². The van der Waals surface area contributed by atoms with E-state index in [4.69, 9.17) is 5.73 Å². The number of aliphatic hydroxyl groups is 4. The maximum atomic E-state index is 14.7. The van der Waals surface area contributed by atoms with E-state index in [1.54, 1.807) is 50.8 Å². The molecule has 0 radical (unpaired) electrons. The van der Waals surface area contributed by atoms with Crippen molar-refractivity contribution in [3.05, 3.63) is 95.6 Å². The van der Waals surface area contributed by atoms with Crippen molar-refractivity contribution >= 4 is 124 Å². The monoisotopic (exact) mass is 1880 g/mol. The predicted octanol–water partition coefficient (Wildman–Crippen LogP) is -5.55. The summed E-state index contributed by atoms with van der Waals surface area (Å²) in [6.07, 6.45) is -5.69. The number of nitrogens with one attached hydrogen (secondary N) is 15. The average Bonchev–Trinajstić information content (AvgIpc) is 1.72. The molecule has 0 saturated carbocycles. The van der Waals surface area contributed by atoms with E-state index in [1.807, 2.05) is 13.8 Å². The van der Waals surface area contributed by atoms with Gasteiger partial charge in [0.05, 0.1) is 56.3 Å². The molecule has 0 bridgehead atoms. The number of phenolic OH excluding ortho intramolecular Hbond substituents is 2. The molecule has 1 saturated heterocycles. The number of phenols is 2. The molecule has 3 aromatic rings. The number of aliphatic carboxylic acids is 3. The van der Waals surface area contributed by atoms with Crippen LogP contribution >= 0.6 is 11.8 Å². The van der Waals surface area contributed by atoms with E-state index >= 15 is 0 Å². The van der Waals surface area contributed by atoms with E-state index in [2.05, 4.69) is 79.8 Å². The van der Waals surface area contributed by atoms with Crippen LogP contribution in [-0.4, -0.2) is 311 Å². The van der Waals surface area contributed by atoms with E-state index < -0.39 is 267 Å². The maximum Gasteiger partial charge on any atom is 0.305 e. The minimum atomic E-state index is -2.23. The van der Waals surface area contributed by atoms with E-state index in [1.165, 1.54) is 67.6 Å². The molecule has 4 rings (SSSR count). The molecule has 0 aromatic heterocycles. The van der Waals surface area contributed by atoms with Crippen molar-refractivity contribution in [1.29, 1.82) is 0 Å². The number of carbonyl (C=O) groups is 19. The summed E-state index contributed by atoms with van der Waals surface area (Å²) in [5, 5.41) is 128. The fourth-order valence-corrected chi connectivity index (χ4v) is 14.1. The van der Waals surface area contributed by atoms with Crippen molar-refractivity contribution in [2.75, 3.05) is 57.4 Å². The number of nitrogens with zero attached hydrogens (tertiary/aromatic N) is 1. The Kier molecular flexibility index (Phi) is 47.5. The summed E-state index contributed by atoms with van der Waals surface area (Å²) in [5.41, 5.74) is 5.99. The molecule has 730 valence electrons. The molecule has 1 heterocycles. The summed E-state index contributed by atoms with van der Waals surface area (Å²) >= 11 is 0.862. The second kappa shape index (κ2) is 56.2. The lowest BCUT2D eigenvalue weighted by Crippen LogP contribution is -2.63. The predicted molar refractivity (Wildman–Crippen MR) is 474 cm³/mol. The third-order valence-corrected chi connectivity index (χ3v) is 22.0. The lowest BCUT2D eigenvalue weighted by molar-refractivity contribution is -0.142. The molecule has 26 N–H and O–H groups in total. The fraction of sp³-hybridized carbons (Fsp3) is 0.570. The van der Waals surface area contributed by atoms with Crippen LogP contribution in [0.5, 0.6) is 11.5 Å². The molecule has 1 aliphatic rings. The van der Waals surface area contributed by atoms with Crippen LogP contribution in [0.25, 0.3) is 0 Å². The molecule has 16 amide bonds. The Morgan fingerprint density at radius 1 is 0.439 bits per heavy atom. The quantitative estimate of drug-likeness (QED) is 0.0234. The van der Waals surface area contributed by atoms with Crippen molar-refractivity contribution in [3.63, 3.8) is 0 Å². The lowest BCUT2D eigenvalue weighted by atomic mass is 9.92. The van der Waals surface area contributed by atoms with Gasteiger partial charge in [0.1, 0.15) is 84.0 Å². The highest BCUT2D eigenvalue weighted by Gasteiger charge is 2.42. The molecule has 45 nitrogen and oxygen atoms in total. The largest absolute Gasteiger partial charge is 0.508 e. The van der Waals surface area contributed by atoms with Crippen LogP contribution < -0.4 is 85.5 Å². The zero-order chi connectivity index (χ0) is 98.8. The highest BCUT2D eigenvalue weighted by Crippen LogP contribution is 2.30. The molecule has 46 heteroatoms. The summed E-state index contributed by atoms with van der Waals surface area (Å²) in [6.45, 7) is 11.8. The van der Waals surface area contributed by atoms with Gasteiger partial charge in [0, 0.05) is 56.8 Å². The van der Waals surface area contributed by atoms with Gasteiger partial charge in [0.25, 0.3) is 0 Å². The number of rotatable bonds is 59. The molecule has 0 aliphatic carbocycles. The van der Waals surface area contributed by atoms with Gasteiger partial charge in [-0.3, -0.25) is 91.1 Å². The van der Waals surface area contributed by atoms with E-state index in [-0.39, 0.29) is 72.7 Å². The summed E-state index contributed by atoms with van der Waals surface area (Å²) in [6, 6.07) is -4.24. The SMILES string of the molecule is CC[C@H](C)[C@H](NC(=O)[C@H](CO)NC(=O)[C@H](Cc1ccc(O)cc1)NC(=O)[C@H](CC(=O)O)NC(=O)[C@H](CO)NC(=O)[C@@H](NC(=O)[C@H](Cc1ccccc1)NC(=O)[C@@H](NC(=O)CNC(=O)[C@H](CCC(=O)O)NC(=O)CSCC(=O)NCCN1CCC(C)(C)C1=O)[C@@H](C)O)[C@@H](C)O)C(=O)N[C@@H](Cc1ccc(O)cc1)C(=O)N[C@@H](CC(C)C)C(=O)N[C@@H](CC(=O)O)C(=O)N[C@H](C)CCCCN. The average molecular weight is 1880 g/mol. The number of aromatic hydroxyl groups is 2. The number of benzene rings is 3. The molecular formula is C86H127N17O28S. The minimum absolute atomic E-state index is 0.0428. The van der Waals surface area contributed by atoms with E-state index in [9.17, 15) is 137 Å². The topological polar surface area (TPSA) is 716 Å². The lowest BCUT2D eigenvalue weighted by Gasteiger charge is -2.30. The van der Waals surface area contributed by atoms with Gasteiger partial charge in [-0.1, -0.05) is 109 Å². The van der Waals surface area contributed by atoms with Crippen molar-refractivity contribution in [3.8, 4) is 11.5 Å². The second-order valence-electron chi connectivity index (χ2n) is 33.2. The Bertz CT molecular complexity index is 4430. The zero-order valence-corrected chi connectivity index (χ0v) is 75.9. The number of thioether (sulfide) groups is 1. The van der Waals surface area contributed by atoms with Crippen molar-refractivity contribution < 1.29 is 137 Å². The highest BCUT2D eigenvalue weighted by molar-refractivity contribution is 8.00. The van der Waals surface area contributed by atoms with Gasteiger partial charge in [0.2, 0.25) is 94.5 Å². The van der Waals surface area contributed by atoms with Crippen LogP contribution in [0, 0.1) is 17.3 Å². The van der Waals surface area contributed by atoms with Crippen LogP contribution in [0.15, 0.2) is 78.9 Å². The molecule has 1 aliphatic heterocycles. The zero-order valence-electron chi connectivity index (χ0n) is 75.1. The van der Waals surface area contributed by atoms with E-state index in [0.717, 1.165) is 25.6 Å². The normalized spacial score (nSPS) is 15.8. The minimum Gasteiger partial charge on any atom is -0.508 e. The fourth-order valence-electron chi connectivity index (χ4n) is 13.4. The molecule has 0 spiro atoms. The van der Waals surface area contributed by atoms with Gasteiger partial charge in [-0.05, 0) is 112 Å².